The number of nitrogens with zero attached hydrogens (tertiary/aromatic N) is 1. The quantitative estimate of drug-likeness (QED) is 0.604. The van der Waals surface area contributed by atoms with Crippen LogP contribution in [0.15, 0.2) is 29.2 Å². The fourth-order valence-electron chi connectivity index (χ4n) is 1.78. The predicted octanol–water partition coefficient (Wildman–Crippen LogP) is 1.08. The smallest absolute Gasteiger partial charge is 0.243 e. The lowest BCUT2D eigenvalue weighted by Crippen LogP contribution is -2.34. The number of likely N-dealkylation sites (N-methyl/N-ethyl adjacent to an activating group) is 1. The van der Waals surface area contributed by atoms with Crippen molar-refractivity contribution in [3.8, 4) is 11.8 Å². The van der Waals surface area contributed by atoms with E-state index < -0.39 is 10.0 Å². The van der Waals surface area contributed by atoms with Crippen LogP contribution < -0.4 is 0 Å². The Bertz CT molecular complexity index is 602. The number of aliphatic hydroxyl groups excluding tert-OH is 1. The zero-order valence-electron chi connectivity index (χ0n) is 12.4. The molecule has 0 aliphatic carbocycles. The molecule has 1 aromatic rings. The van der Waals surface area contributed by atoms with Gasteiger partial charge in [0.05, 0.1) is 11.5 Å². The lowest BCUT2D eigenvalue weighted by molar-refractivity contribution is 0.135. The molecule has 0 radical (unpaired) electrons. The fourth-order valence-corrected chi connectivity index (χ4v) is 3.26. The van der Waals surface area contributed by atoms with Gasteiger partial charge in [0.25, 0.3) is 0 Å². The summed E-state index contributed by atoms with van der Waals surface area (Å²) in [6.45, 7) is 5.03. The van der Waals surface area contributed by atoms with Crippen molar-refractivity contribution >= 4 is 10.0 Å². The molecule has 0 bridgehead atoms. The van der Waals surface area contributed by atoms with E-state index in [1.165, 1.54) is 10.4 Å². The lowest BCUT2D eigenvalue weighted by Gasteiger charge is -2.20. The van der Waals surface area contributed by atoms with Crippen LogP contribution in [0.25, 0.3) is 0 Å². The molecule has 0 aliphatic rings. The monoisotopic (exact) mass is 311 g/mol. The molecule has 0 spiro atoms. The largest absolute Gasteiger partial charge is 0.384 e. The second kappa shape index (κ2) is 8.80. The van der Waals surface area contributed by atoms with Crippen LogP contribution in [0, 0.1) is 11.8 Å². The fraction of sp³-hybridized carbons (Fsp3) is 0.467. The highest BCUT2D eigenvalue weighted by Crippen LogP contribution is 2.16. The highest BCUT2D eigenvalue weighted by atomic mass is 32.2. The van der Waals surface area contributed by atoms with Crippen molar-refractivity contribution in [2.75, 3.05) is 32.9 Å². The normalized spacial score (nSPS) is 11.2. The van der Waals surface area contributed by atoms with Crippen molar-refractivity contribution in [1.82, 2.24) is 4.31 Å². The third-order valence-electron chi connectivity index (χ3n) is 2.83. The summed E-state index contributed by atoms with van der Waals surface area (Å²) in [6.07, 6.45) is 0. The summed E-state index contributed by atoms with van der Waals surface area (Å²) in [5, 5.41) is 8.69. The molecule has 5 nitrogen and oxygen atoms in total. The van der Waals surface area contributed by atoms with Crippen LogP contribution >= 0.6 is 0 Å². The summed E-state index contributed by atoms with van der Waals surface area (Å²) in [4.78, 5) is 0.200. The van der Waals surface area contributed by atoms with E-state index in [0.29, 0.717) is 31.9 Å². The van der Waals surface area contributed by atoms with Crippen LogP contribution in [0.5, 0.6) is 0 Å². The number of sulfonamides is 1. The van der Waals surface area contributed by atoms with Crippen LogP contribution in [0.1, 0.15) is 19.4 Å². The first kappa shape index (κ1) is 17.7. The van der Waals surface area contributed by atoms with Gasteiger partial charge in [0.2, 0.25) is 10.0 Å². The van der Waals surface area contributed by atoms with Gasteiger partial charge >= 0.3 is 0 Å². The SMILES string of the molecule is CCOCCN(CC)S(=O)(=O)c1cccc(C#CCO)c1. The Morgan fingerprint density at radius 1 is 1.33 bits per heavy atom. The molecule has 1 N–H and O–H groups in total. The van der Waals surface area contributed by atoms with Gasteiger partial charge < -0.3 is 9.84 Å². The average Bonchev–Trinajstić information content (AvgIpc) is 2.49. The Morgan fingerprint density at radius 3 is 2.71 bits per heavy atom. The molecule has 0 saturated heterocycles. The van der Waals surface area contributed by atoms with E-state index in [0.717, 1.165) is 0 Å². The number of rotatable bonds is 7. The number of aliphatic hydroxyl groups is 1. The molecule has 0 saturated carbocycles. The molecule has 1 aromatic carbocycles. The van der Waals surface area contributed by atoms with Gasteiger partial charge in [-0.3, -0.25) is 0 Å². The number of hydrogen-bond acceptors (Lipinski definition) is 4. The van der Waals surface area contributed by atoms with Crippen molar-refractivity contribution in [1.29, 1.82) is 0 Å². The molecule has 0 unspecified atom stereocenters. The molecule has 0 atom stereocenters. The zero-order chi connectivity index (χ0) is 15.7. The number of ether oxygens (including phenoxy) is 1. The van der Waals surface area contributed by atoms with E-state index in [1.54, 1.807) is 25.1 Å². The first-order valence-electron chi connectivity index (χ1n) is 6.84. The van der Waals surface area contributed by atoms with Gasteiger partial charge in [0.1, 0.15) is 6.61 Å². The van der Waals surface area contributed by atoms with Crippen molar-refractivity contribution < 1.29 is 18.3 Å². The van der Waals surface area contributed by atoms with Gasteiger partial charge in [-0.2, -0.15) is 4.31 Å². The summed E-state index contributed by atoms with van der Waals surface area (Å²) >= 11 is 0. The lowest BCUT2D eigenvalue weighted by atomic mass is 10.2. The van der Waals surface area contributed by atoms with E-state index in [4.69, 9.17) is 9.84 Å². The van der Waals surface area contributed by atoms with Gasteiger partial charge in [-0.05, 0) is 25.1 Å². The molecule has 0 aliphatic heterocycles. The minimum absolute atomic E-state index is 0.200. The third kappa shape index (κ3) is 5.14. The van der Waals surface area contributed by atoms with Crippen LogP contribution in [-0.2, 0) is 14.8 Å². The molecule has 116 valence electrons. The maximum atomic E-state index is 12.6. The average molecular weight is 311 g/mol. The maximum absolute atomic E-state index is 12.6. The molecule has 21 heavy (non-hydrogen) atoms. The summed E-state index contributed by atoms with van der Waals surface area (Å²) < 4.78 is 31.7. The Kier molecular flexibility index (Phi) is 7.40. The van der Waals surface area contributed by atoms with E-state index in [-0.39, 0.29) is 11.5 Å². The first-order valence-corrected chi connectivity index (χ1v) is 8.28. The summed E-state index contributed by atoms with van der Waals surface area (Å²) in [7, 11) is -3.56. The molecule has 1 rings (SSSR count). The Balaban J connectivity index is 2.99. The predicted molar refractivity (Wildman–Crippen MR) is 81.3 cm³/mol. The van der Waals surface area contributed by atoms with Gasteiger partial charge in [-0.25, -0.2) is 8.42 Å². The Morgan fingerprint density at radius 2 is 2.10 bits per heavy atom. The van der Waals surface area contributed by atoms with Crippen LogP contribution in [0.3, 0.4) is 0 Å². The number of hydrogen-bond donors (Lipinski definition) is 1. The van der Waals surface area contributed by atoms with Gasteiger partial charge in [-0.15, -0.1) is 0 Å². The highest BCUT2D eigenvalue weighted by molar-refractivity contribution is 7.89. The minimum atomic E-state index is -3.56. The van der Waals surface area contributed by atoms with Gasteiger partial charge in [-0.1, -0.05) is 24.8 Å². The van der Waals surface area contributed by atoms with E-state index >= 15 is 0 Å². The molecule has 0 fully saturated rings. The topological polar surface area (TPSA) is 66.8 Å². The molecule has 0 aromatic heterocycles. The third-order valence-corrected chi connectivity index (χ3v) is 4.80. The van der Waals surface area contributed by atoms with Crippen molar-refractivity contribution in [2.45, 2.75) is 18.7 Å². The summed E-state index contributed by atoms with van der Waals surface area (Å²) in [6, 6.07) is 6.41. The molecular weight excluding hydrogens is 290 g/mol. The van der Waals surface area contributed by atoms with Crippen LogP contribution in [0.2, 0.25) is 0 Å². The van der Waals surface area contributed by atoms with Crippen molar-refractivity contribution in [3.05, 3.63) is 29.8 Å². The van der Waals surface area contributed by atoms with Crippen LogP contribution in [-0.4, -0.2) is 50.7 Å². The van der Waals surface area contributed by atoms with Crippen LogP contribution in [0.4, 0.5) is 0 Å². The number of benzene rings is 1. The van der Waals surface area contributed by atoms with Crippen molar-refractivity contribution in [3.63, 3.8) is 0 Å². The minimum Gasteiger partial charge on any atom is -0.384 e. The van der Waals surface area contributed by atoms with Gasteiger partial charge in [0.15, 0.2) is 0 Å². The molecular formula is C15H21NO4S. The Hall–Kier alpha value is -1.39. The summed E-state index contributed by atoms with van der Waals surface area (Å²) in [5.74, 6) is 5.21. The second-order valence-electron chi connectivity index (χ2n) is 4.18. The zero-order valence-corrected chi connectivity index (χ0v) is 13.2. The van der Waals surface area contributed by atoms with Gasteiger partial charge in [0, 0.05) is 25.3 Å². The van der Waals surface area contributed by atoms with E-state index in [9.17, 15) is 8.42 Å². The molecule has 0 heterocycles. The maximum Gasteiger partial charge on any atom is 0.243 e. The highest BCUT2D eigenvalue weighted by Gasteiger charge is 2.22. The molecule has 6 heteroatoms. The van der Waals surface area contributed by atoms with E-state index in [1.807, 2.05) is 6.92 Å². The second-order valence-corrected chi connectivity index (χ2v) is 6.12. The Labute approximate surface area is 126 Å². The first-order chi connectivity index (χ1) is 10.1. The summed E-state index contributed by atoms with van der Waals surface area (Å²) in [5.41, 5.74) is 0.561. The van der Waals surface area contributed by atoms with E-state index in [2.05, 4.69) is 11.8 Å². The molecule has 0 amide bonds. The van der Waals surface area contributed by atoms with Crippen molar-refractivity contribution in [2.24, 2.45) is 0 Å². The standard InChI is InChI=1S/C15H21NO4S/c1-3-16(10-12-20-4-2)21(18,19)15-9-5-7-14(13-15)8-6-11-17/h5,7,9,13,17H,3-4,10-12H2,1-2H3.